The van der Waals surface area contributed by atoms with E-state index in [4.69, 9.17) is 4.74 Å². The highest BCUT2D eigenvalue weighted by Crippen LogP contribution is 2.20. The number of ether oxygens (including phenoxy) is 1. The standard InChI is InChI=1S/C12H14N2O/c1-10-4-2-3-5-11(10)8-15-12-6-7-13-9-14-12/h2-4,6-7,9,11H,5,8H2,1H3. The van der Waals surface area contributed by atoms with Gasteiger partial charge in [-0.3, -0.25) is 0 Å². The van der Waals surface area contributed by atoms with E-state index in [1.54, 1.807) is 12.3 Å². The summed E-state index contributed by atoms with van der Waals surface area (Å²) in [6.45, 7) is 2.82. The van der Waals surface area contributed by atoms with E-state index in [1.165, 1.54) is 11.9 Å². The third-order valence-electron chi connectivity index (χ3n) is 2.55. The quantitative estimate of drug-likeness (QED) is 0.754. The smallest absolute Gasteiger partial charge is 0.216 e. The summed E-state index contributed by atoms with van der Waals surface area (Å²) in [5.74, 6) is 1.12. The summed E-state index contributed by atoms with van der Waals surface area (Å²) in [6, 6.07) is 1.78. The van der Waals surface area contributed by atoms with Crippen molar-refractivity contribution in [1.82, 2.24) is 9.97 Å². The van der Waals surface area contributed by atoms with Gasteiger partial charge in [0.2, 0.25) is 5.88 Å². The molecule has 0 amide bonds. The molecular formula is C12H14N2O. The molecule has 1 aromatic rings. The van der Waals surface area contributed by atoms with Crippen LogP contribution < -0.4 is 4.74 Å². The maximum Gasteiger partial charge on any atom is 0.216 e. The third-order valence-corrected chi connectivity index (χ3v) is 2.55. The minimum absolute atomic E-state index is 0.477. The van der Waals surface area contributed by atoms with Gasteiger partial charge in [0.25, 0.3) is 0 Å². The average molecular weight is 202 g/mol. The van der Waals surface area contributed by atoms with Gasteiger partial charge in [-0.2, -0.15) is 0 Å². The summed E-state index contributed by atoms with van der Waals surface area (Å²) in [7, 11) is 0. The molecule has 1 atom stereocenters. The van der Waals surface area contributed by atoms with Gasteiger partial charge >= 0.3 is 0 Å². The summed E-state index contributed by atoms with van der Waals surface area (Å²) in [5, 5.41) is 0. The van der Waals surface area contributed by atoms with E-state index in [-0.39, 0.29) is 0 Å². The van der Waals surface area contributed by atoms with Crippen LogP contribution in [0.3, 0.4) is 0 Å². The van der Waals surface area contributed by atoms with Crippen LogP contribution in [-0.4, -0.2) is 16.6 Å². The van der Waals surface area contributed by atoms with Gasteiger partial charge in [0.15, 0.2) is 0 Å². The number of aromatic nitrogens is 2. The lowest BCUT2D eigenvalue weighted by molar-refractivity contribution is 0.259. The molecule has 0 saturated heterocycles. The number of hydrogen-bond acceptors (Lipinski definition) is 3. The fourth-order valence-corrected chi connectivity index (χ4v) is 1.53. The van der Waals surface area contributed by atoms with Crippen LogP contribution in [0.25, 0.3) is 0 Å². The van der Waals surface area contributed by atoms with Gasteiger partial charge in [0.05, 0.1) is 6.61 Å². The van der Waals surface area contributed by atoms with Crippen LogP contribution in [0.2, 0.25) is 0 Å². The molecule has 0 aliphatic heterocycles. The number of hydrogen-bond donors (Lipinski definition) is 0. The Bertz CT molecular complexity index is 370. The Morgan fingerprint density at radius 2 is 2.47 bits per heavy atom. The van der Waals surface area contributed by atoms with Crippen LogP contribution >= 0.6 is 0 Å². The van der Waals surface area contributed by atoms with E-state index >= 15 is 0 Å². The summed E-state index contributed by atoms with van der Waals surface area (Å²) < 4.78 is 5.59. The van der Waals surface area contributed by atoms with Gasteiger partial charge in [-0.05, 0) is 13.3 Å². The molecule has 0 spiro atoms. The van der Waals surface area contributed by atoms with Gasteiger partial charge in [-0.1, -0.05) is 23.8 Å². The molecule has 0 saturated carbocycles. The van der Waals surface area contributed by atoms with Crippen LogP contribution in [0, 0.1) is 5.92 Å². The number of nitrogens with zero attached hydrogens (tertiary/aromatic N) is 2. The molecule has 3 nitrogen and oxygen atoms in total. The molecule has 0 aromatic carbocycles. The lowest BCUT2D eigenvalue weighted by atomic mass is 9.94. The molecule has 0 fully saturated rings. The highest BCUT2D eigenvalue weighted by atomic mass is 16.5. The minimum Gasteiger partial charge on any atom is -0.477 e. The molecule has 1 aliphatic carbocycles. The van der Waals surface area contributed by atoms with Crippen LogP contribution in [0.15, 0.2) is 42.4 Å². The van der Waals surface area contributed by atoms with Crippen LogP contribution in [0.1, 0.15) is 13.3 Å². The van der Waals surface area contributed by atoms with Crippen molar-refractivity contribution in [1.29, 1.82) is 0 Å². The van der Waals surface area contributed by atoms with E-state index in [9.17, 15) is 0 Å². The maximum absolute atomic E-state index is 5.59. The largest absolute Gasteiger partial charge is 0.477 e. The van der Waals surface area contributed by atoms with Crippen molar-refractivity contribution in [3.05, 3.63) is 42.4 Å². The molecule has 1 heterocycles. The Morgan fingerprint density at radius 1 is 1.53 bits per heavy atom. The van der Waals surface area contributed by atoms with Crippen molar-refractivity contribution in [2.45, 2.75) is 13.3 Å². The maximum atomic E-state index is 5.59. The van der Waals surface area contributed by atoms with Gasteiger partial charge in [0, 0.05) is 18.2 Å². The molecular weight excluding hydrogens is 188 g/mol. The van der Waals surface area contributed by atoms with Crippen LogP contribution in [0.5, 0.6) is 5.88 Å². The van der Waals surface area contributed by atoms with E-state index in [2.05, 4.69) is 35.1 Å². The van der Waals surface area contributed by atoms with Crippen molar-refractivity contribution in [3.8, 4) is 5.88 Å². The fourth-order valence-electron chi connectivity index (χ4n) is 1.53. The minimum atomic E-state index is 0.477. The van der Waals surface area contributed by atoms with Gasteiger partial charge in [-0.15, -0.1) is 0 Å². The van der Waals surface area contributed by atoms with E-state index in [1.807, 2.05) is 0 Å². The summed E-state index contributed by atoms with van der Waals surface area (Å²) in [5.41, 5.74) is 1.37. The first kappa shape index (κ1) is 9.90. The van der Waals surface area contributed by atoms with Gasteiger partial charge in [-0.25, -0.2) is 9.97 Å². The normalized spacial score (nSPS) is 19.8. The SMILES string of the molecule is CC1=CC=CCC1COc1ccncn1. The van der Waals surface area contributed by atoms with E-state index < -0.39 is 0 Å². The molecule has 15 heavy (non-hydrogen) atoms. The molecule has 1 aromatic heterocycles. The summed E-state index contributed by atoms with van der Waals surface area (Å²) in [6.07, 6.45) is 10.6. The summed E-state index contributed by atoms with van der Waals surface area (Å²) in [4.78, 5) is 7.86. The van der Waals surface area contributed by atoms with Crippen molar-refractivity contribution >= 4 is 0 Å². The second kappa shape index (κ2) is 4.73. The van der Waals surface area contributed by atoms with Crippen molar-refractivity contribution in [2.24, 2.45) is 5.92 Å². The lowest BCUT2D eigenvalue weighted by Gasteiger charge is -2.18. The molecule has 0 bridgehead atoms. The highest BCUT2D eigenvalue weighted by molar-refractivity contribution is 5.19. The second-order valence-corrected chi connectivity index (χ2v) is 3.63. The number of rotatable bonds is 3. The first-order chi connectivity index (χ1) is 7.36. The zero-order chi connectivity index (χ0) is 10.5. The van der Waals surface area contributed by atoms with Crippen LogP contribution in [-0.2, 0) is 0 Å². The molecule has 1 aliphatic rings. The van der Waals surface area contributed by atoms with Crippen LogP contribution in [0.4, 0.5) is 0 Å². The lowest BCUT2D eigenvalue weighted by Crippen LogP contribution is -2.14. The molecule has 0 N–H and O–H groups in total. The molecule has 78 valence electrons. The Hall–Kier alpha value is -1.64. The second-order valence-electron chi connectivity index (χ2n) is 3.63. The Morgan fingerprint density at radius 3 is 3.20 bits per heavy atom. The molecule has 2 rings (SSSR count). The first-order valence-corrected chi connectivity index (χ1v) is 5.08. The van der Waals surface area contributed by atoms with E-state index in [0.717, 1.165) is 6.42 Å². The Labute approximate surface area is 89.5 Å². The fraction of sp³-hybridized carbons (Fsp3) is 0.333. The Balaban J connectivity index is 1.89. The molecule has 3 heteroatoms. The molecule has 1 unspecified atom stereocenters. The van der Waals surface area contributed by atoms with Crippen molar-refractivity contribution in [3.63, 3.8) is 0 Å². The predicted molar refractivity (Wildman–Crippen MR) is 58.5 cm³/mol. The molecule has 0 radical (unpaired) electrons. The highest BCUT2D eigenvalue weighted by Gasteiger charge is 2.12. The van der Waals surface area contributed by atoms with E-state index in [0.29, 0.717) is 18.4 Å². The van der Waals surface area contributed by atoms with Crippen molar-refractivity contribution < 1.29 is 4.74 Å². The Kier molecular flexibility index (Phi) is 3.12. The van der Waals surface area contributed by atoms with Crippen molar-refractivity contribution in [2.75, 3.05) is 6.61 Å². The summed E-state index contributed by atoms with van der Waals surface area (Å²) >= 11 is 0. The third kappa shape index (κ3) is 2.65. The zero-order valence-corrected chi connectivity index (χ0v) is 8.76. The van der Waals surface area contributed by atoms with Gasteiger partial charge < -0.3 is 4.74 Å². The predicted octanol–water partition coefficient (Wildman–Crippen LogP) is 2.38. The van der Waals surface area contributed by atoms with Gasteiger partial charge in [0.1, 0.15) is 6.33 Å². The monoisotopic (exact) mass is 202 g/mol. The first-order valence-electron chi connectivity index (χ1n) is 5.08. The number of allylic oxidation sites excluding steroid dienone is 3. The average Bonchev–Trinajstić information content (AvgIpc) is 2.29. The topological polar surface area (TPSA) is 35.0 Å². The zero-order valence-electron chi connectivity index (χ0n) is 8.76.